The van der Waals surface area contributed by atoms with E-state index >= 15 is 0 Å². The number of hydrogen-bond donors (Lipinski definition) is 0. The molecule has 1 aromatic heterocycles. The van der Waals surface area contributed by atoms with E-state index in [1.807, 2.05) is 19.1 Å². The highest BCUT2D eigenvalue weighted by Gasteiger charge is 2.16. The van der Waals surface area contributed by atoms with Crippen molar-refractivity contribution in [2.24, 2.45) is 7.05 Å². The van der Waals surface area contributed by atoms with Crippen LogP contribution in [0.5, 0.6) is 11.5 Å². The van der Waals surface area contributed by atoms with E-state index in [2.05, 4.69) is 30.3 Å². The molecule has 0 unspecified atom stereocenters. The number of methoxy groups -OCH3 is 1. The van der Waals surface area contributed by atoms with Gasteiger partial charge in [0.05, 0.1) is 18.4 Å². The molecule has 1 heterocycles. The number of benzene rings is 2. The van der Waals surface area contributed by atoms with Crippen molar-refractivity contribution in [3.63, 3.8) is 0 Å². The zero-order valence-electron chi connectivity index (χ0n) is 15.6. The average molecular weight is 354 g/mol. The molecule has 0 N–H and O–H groups in total. The van der Waals surface area contributed by atoms with Crippen molar-refractivity contribution in [1.82, 2.24) is 19.8 Å². The van der Waals surface area contributed by atoms with Crippen molar-refractivity contribution in [2.75, 3.05) is 7.11 Å². The zero-order valence-corrected chi connectivity index (χ0v) is 15.6. The summed E-state index contributed by atoms with van der Waals surface area (Å²) in [6, 6.07) is 9.55. The molecule has 0 spiro atoms. The summed E-state index contributed by atoms with van der Waals surface area (Å²) >= 11 is 0. The molecule has 3 rings (SSSR count). The highest BCUT2D eigenvalue weighted by Crippen LogP contribution is 2.28. The van der Waals surface area contributed by atoms with Crippen LogP contribution in [0.3, 0.4) is 0 Å². The lowest BCUT2D eigenvalue weighted by Gasteiger charge is -2.16. The topological polar surface area (TPSA) is 71.2 Å². The first kappa shape index (κ1) is 17.7. The lowest BCUT2D eigenvalue weighted by molar-refractivity contribution is 0.294. The van der Waals surface area contributed by atoms with Gasteiger partial charge in [-0.2, -0.15) is 9.36 Å². The van der Waals surface area contributed by atoms with E-state index in [9.17, 15) is 4.79 Å². The normalized spacial score (nSPS) is 10.8. The van der Waals surface area contributed by atoms with Crippen LogP contribution in [0.2, 0.25) is 0 Å². The lowest BCUT2D eigenvalue weighted by atomic mass is 10.1. The van der Waals surface area contributed by atoms with E-state index in [-0.39, 0.29) is 12.3 Å². The van der Waals surface area contributed by atoms with Crippen LogP contribution in [0.15, 0.2) is 35.1 Å². The molecule has 0 fully saturated rings. The molecule has 0 aliphatic heterocycles. The molecule has 136 valence electrons. The molecular weight excluding hydrogens is 332 g/mol. The molecular formula is C19H22N4O3. The average Bonchev–Trinajstić information content (AvgIpc) is 2.95. The Bertz CT molecular complexity index is 1000. The predicted octanol–water partition coefficient (Wildman–Crippen LogP) is 2.48. The van der Waals surface area contributed by atoms with Crippen molar-refractivity contribution in [3.05, 3.63) is 63.1 Å². The van der Waals surface area contributed by atoms with Crippen LogP contribution >= 0.6 is 0 Å². The lowest BCUT2D eigenvalue weighted by Crippen LogP contribution is -2.23. The molecule has 26 heavy (non-hydrogen) atoms. The fraction of sp³-hybridized carbons (Fsp3) is 0.316. The van der Waals surface area contributed by atoms with Gasteiger partial charge < -0.3 is 9.47 Å². The smallest absolute Gasteiger partial charge is 0.368 e. The minimum atomic E-state index is -0.332. The van der Waals surface area contributed by atoms with E-state index in [0.29, 0.717) is 11.4 Å². The number of aromatic nitrogens is 4. The van der Waals surface area contributed by atoms with Gasteiger partial charge in [0, 0.05) is 7.05 Å². The van der Waals surface area contributed by atoms with Crippen molar-refractivity contribution >= 4 is 0 Å². The Morgan fingerprint density at radius 2 is 1.73 bits per heavy atom. The largest absolute Gasteiger partial charge is 0.496 e. The summed E-state index contributed by atoms with van der Waals surface area (Å²) < 4.78 is 13.9. The van der Waals surface area contributed by atoms with Crippen LogP contribution in [0.4, 0.5) is 0 Å². The van der Waals surface area contributed by atoms with E-state index in [1.165, 1.54) is 14.9 Å². The quantitative estimate of drug-likeness (QED) is 0.704. The van der Waals surface area contributed by atoms with Crippen LogP contribution in [0, 0.1) is 20.8 Å². The van der Waals surface area contributed by atoms with Gasteiger partial charge in [0.2, 0.25) is 0 Å². The second-order valence-electron chi connectivity index (χ2n) is 6.25. The second kappa shape index (κ2) is 7.03. The van der Waals surface area contributed by atoms with Gasteiger partial charge in [-0.15, -0.1) is 0 Å². The minimum Gasteiger partial charge on any atom is -0.496 e. The van der Waals surface area contributed by atoms with Gasteiger partial charge >= 0.3 is 5.69 Å². The highest BCUT2D eigenvalue weighted by molar-refractivity contribution is 5.49. The summed E-state index contributed by atoms with van der Waals surface area (Å²) in [5.41, 5.74) is 4.43. The standard InChI is InChI=1S/C19H22N4O3/c1-12-9-14(3)18(10-13(12)2)26-11-15-16(7-6-8-17(15)25-5)23-19(24)22(4)20-21-23/h6-10H,11H2,1-5H3. The van der Waals surface area contributed by atoms with Gasteiger partial charge in [0.1, 0.15) is 18.1 Å². The predicted molar refractivity (Wildman–Crippen MR) is 98.1 cm³/mol. The third-order valence-electron chi connectivity index (χ3n) is 4.44. The van der Waals surface area contributed by atoms with Gasteiger partial charge in [-0.25, -0.2) is 4.79 Å². The minimum absolute atomic E-state index is 0.242. The van der Waals surface area contributed by atoms with Crippen LogP contribution < -0.4 is 15.2 Å². The number of nitrogens with zero attached hydrogens (tertiary/aromatic N) is 4. The zero-order chi connectivity index (χ0) is 18.8. The van der Waals surface area contributed by atoms with Crippen molar-refractivity contribution < 1.29 is 9.47 Å². The molecule has 0 saturated carbocycles. The number of ether oxygens (including phenoxy) is 2. The van der Waals surface area contributed by atoms with Crippen molar-refractivity contribution in [1.29, 1.82) is 0 Å². The number of tetrazole rings is 1. The Balaban J connectivity index is 2.01. The fourth-order valence-corrected chi connectivity index (χ4v) is 2.79. The van der Waals surface area contributed by atoms with E-state index in [1.54, 1.807) is 26.3 Å². The molecule has 0 aliphatic rings. The molecule has 7 heteroatoms. The Labute approximate surface area is 151 Å². The van der Waals surface area contributed by atoms with Gasteiger partial charge in [-0.1, -0.05) is 12.1 Å². The third kappa shape index (κ3) is 3.20. The van der Waals surface area contributed by atoms with Gasteiger partial charge in [0.25, 0.3) is 0 Å². The molecule has 0 saturated heterocycles. The molecule has 0 atom stereocenters. The second-order valence-corrected chi connectivity index (χ2v) is 6.25. The van der Waals surface area contributed by atoms with E-state index < -0.39 is 0 Å². The summed E-state index contributed by atoms with van der Waals surface area (Å²) in [6.07, 6.45) is 0. The van der Waals surface area contributed by atoms with Gasteiger partial charge in [-0.3, -0.25) is 0 Å². The van der Waals surface area contributed by atoms with Crippen LogP contribution in [0.1, 0.15) is 22.3 Å². The molecule has 0 amide bonds. The summed E-state index contributed by atoms with van der Waals surface area (Å²) in [4.78, 5) is 12.3. The Morgan fingerprint density at radius 3 is 2.38 bits per heavy atom. The molecule has 0 aliphatic carbocycles. The Kier molecular flexibility index (Phi) is 4.79. The Morgan fingerprint density at radius 1 is 1.00 bits per heavy atom. The van der Waals surface area contributed by atoms with Crippen molar-refractivity contribution in [2.45, 2.75) is 27.4 Å². The summed E-state index contributed by atoms with van der Waals surface area (Å²) in [5.74, 6) is 1.43. The summed E-state index contributed by atoms with van der Waals surface area (Å²) in [6.45, 7) is 6.38. The molecule has 0 radical (unpaired) electrons. The Hall–Kier alpha value is -3.09. The molecule has 2 aromatic carbocycles. The SMILES string of the molecule is COc1cccc(-n2nnn(C)c2=O)c1COc1cc(C)c(C)cc1C. The maximum atomic E-state index is 12.3. The van der Waals surface area contributed by atoms with Gasteiger partial charge in [0.15, 0.2) is 0 Å². The van der Waals surface area contributed by atoms with Gasteiger partial charge in [-0.05, 0) is 66.1 Å². The molecule has 7 nitrogen and oxygen atoms in total. The first-order valence-electron chi connectivity index (χ1n) is 8.28. The summed E-state index contributed by atoms with van der Waals surface area (Å²) in [7, 11) is 3.14. The van der Waals surface area contributed by atoms with E-state index in [0.717, 1.165) is 22.4 Å². The monoisotopic (exact) mass is 354 g/mol. The number of hydrogen-bond acceptors (Lipinski definition) is 5. The highest BCUT2D eigenvalue weighted by atomic mass is 16.5. The third-order valence-corrected chi connectivity index (χ3v) is 4.44. The summed E-state index contributed by atoms with van der Waals surface area (Å²) in [5, 5.41) is 7.70. The first-order valence-corrected chi connectivity index (χ1v) is 8.28. The number of rotatable bonds is 5. The van der Waals surface area contributed by atoms with Crippen LogP contribution in [-0.2, 0) is 13.7 Å². The maximum Gasteiger partial charge on any atom is 0.368 e. The van der Waals surface area contributed by atoms with Crippen molar-refractivity contribution in [3.8, 4) is 17.2 Å². The molecule has 0 bridgehead atoms. The molecule has 3 aromatic rings. The van der Waals surface area contributed by atoms with Crippen LogP contribution in [-0.4, -0.2) is 26.9 Å². The number of aryl methyl sites for hydroxylation is 4. The first-order chi connectivity index (χ1) is 12.4. The van der Waals surface area contributed by atoms with E-state index in [4.69, 9.17) is 9.47 Å². The fourth-order valence-electron chi connectivity index (χ4n) is 2.79. The van der Waals surface area contributed by atoms with Crippen LogP contribution in [0.25, 0.3) is 5.69 Å². The maximum absolute atomic E-state index is 12.3.